The Balaban J connectivity index is 1.40. The number of benzene rings is 3. The van der Waals surface area contributed by atoms with Crippen molar-refractivity contribution in [3.63, 3.8) is 0 Å². The SMILES string of the molecule is COc1cc2c(cc1O)CCN1C(Cc3ccc(O)cc3)c3cc(OC4OCC(O)C(O)C4O)c(O)cc3CC21. The minimum Gasteiger partial charge on any atom is -0.508 e. The Kier molecular flexibility index (Phi) is 6.97. The molecule has 10 heteroatoms. The number of hydrogen-bond donors (Lipinski definition) is 6. The topological polar surface area (TPSA) is 152 Å². The molecule has 1 fully saturated rings. The molecule has 10 nitrogen and oxygen atoms in total. The van der Waals surface area contributed by atoms with Crippen LogP contribution in [0.2, 0.25) is 0 Å². The third-order valence-electron chi connectivity index (χ3n) is 8.30. The maximum absolute atomic E-state index is 10.9. The van der Waals surface area contributed by atoms with Gasteiger partial charge in [-0.2, -0.15) is 0 Å². The maximum Gasteiger partial charge on any atom is 0.229 e. The van der Waals surface area contributed by atoms with Gasteiger partial charge in [-0.15, -0.1) is 0 Å². The van der Waals surface area contributed by atoms with Gasteiger partial charge >= 0.3 is 0 Å². The van der Waals surface area contributed by atoms with E-state index in [0.717, 1.165) is 40.8 Å². The normalized spacial score (nSPS) is 27.8. The molecule has 0 saturated carbocycles. The molecule has 0 spiro atoms. The quantitative estimate of drug-likeness (QED) is 0.278. The molecule has 6 atom stereocenters. The monoisotopic (exact) mass is 551 g/mol. The number of phenols is 3. The number of aliphatic hydroxyl groups excluding tert-OH is 3. The maximum atomic E-state index is 10.9. The lowest BCUT2D eigenvalue weighted by molar-refractivity contribution is -0.242. The van der Waals surface area contributed by atoms with Gasteiger partial charge in [0.1, 0.15) is 24.1 Å². The van der Waals surface area contributed by atoms with Crippen LogP contribution in [0.3, 0.4) is 0 Å². The van der Waals surface area contributed by atoms with Crippen LogP contribution in [0.15, 0.2) is 48.5 Å². The van der Waals surface area contributed by atoms with Crippen molar-refractivity contribution in [3.8, 4) is 28.7 Å². The number of fused-ring (bicyclic) bond motifs is 4. The van der Waals surface area contributed by atoms with Crippen LogP contribution in [0.1, 0.15) is 39.9 Å². The van der Waals surface area contributed by atoms with E-state index in [4.69, 9.17) is 14.2 Å². The van der Waals surface area contributed by atoms with Crippen molar-refractivity contribution in [2.24, 2.45) is 0 Å². The van der Waals surface area contributed by atoms with E-state index in [2.05, 4.69) is 4.90 Å². The van der Waals surface area contributed by atoms with Gasteiger partial charge in [-0.1, -0.05) is 12.1 Å². The van der Waals surface area contributed by atoms with Crippen LogP contribution in [0, 0.1) is 0 Å². The van der Waals surface area contributed by atoms with Gasteiger partial charge in [0, 0.05) is 18.6 Å². The summed E-state index contributed by atoms with van der Waals surface area (Å²) in [5.41, 5.74) is 5.00. The summed E-state index contributed by atoms with van der Waals surface area (Å²) in [5.74, 6) is 0.668. The molecule has 6 N–H and O–H groups in total. The van der Waals surface area contributed by atoms with Crippen LogP contribution in [-0.2, 0) is 24.0 Å². The highest BCUT2D eigenvalue weighted by Crippen LogP contribution is 2.49. The lowest BCUT2D eigenvalue weighted by Gasteiger charge is -2.47. The number of rotatable bonds is 5. The second-order valence-electron chi connectivity index (χ2n) is 10.7. The van der Waals surface area contributed by atoms with Gasteiger partial charge in [0.2, 0.25) is 6.29 Å². The molecule has 40 heavy (non-hydrogen) atoms. The van der Waals surface area contributed by atoms with E-state index >= 15 is 0 Å². The fourth-order valence-corrected chi connectivity index (χ4v) is 6.19. The molecule has 6 unspecified atom stereocenters. The smallest absolute Gasteiger partial charge is 0.229 e. The minimum atomic E-state index is -1.50. The Morgan fingerprint density at radius 1 is 0.875 bits per heavy atom. The molecule has 3 aromatic rings. The summed E-state index contributed by atoms with van der Waals surface area (Å²) in [4.78, 5) is 2.40. The van der Waals surface area contributed by atoms with Crippen molar-refractivity contribution in [1.29, 1.82) is 0 Å². The van der Waals surface area contributed by atoms with Crippen molar-refractivity contribution in [2.75, 3.05) is 20.3 Å². The molecule has 1 saturated heterocycles. The summed E-state index contributed by atoms with van der Waals surface area (Å²) < 4.78 is 16.7. The Labute approximate surface area is 231 Å². The van der Waals surface area contributed by atoms with Crippen LogP contribution in [0.25, 0.3) is 0 Å². The van der Waals surface area contributed by atoms with Crippen LogP contribution in [0.4, 0.5) is 0 Å². The number of hydrogen-bond acceptors (Lipinski definition) is 10. The molecule has 3 heterocycles. The number of nitrogens with zero attached hydrogens (tertiary/aromatic N) is 1. The lowest BCUT2D eigenvalue weighted by atomic mass is 9.79. The van der Waals surface area contributed by atoms with E-state index in [-0.39, 0.29) is 41.7 Å². The third kappa shape index (κ3) is 4.71. The molecular weight excluding hydrogens is 518 g/mol. The highest BCUT2D eigenvalue weighted by Gasteiger charge is 2.42. The first-order chi connectivity index (χ1) is 19.2. The molecule has 0 bridgehead atoms. The van der Waals surface area contributed by atoms with E-state index in [1.807, 2.05) is 18.2 Å². The molecule has 0 aromatic heterocycles. The lowest BCUT2D eigenvalue weighted by Crippen LogP contribution is -2.54. The molecule has 0 amide bonds. The predicted molar refractivity (Wildman–Crippen MR) is 143 cm³/mol. The van der Waals surface area contributed by atoms with E-state index in [1.54, 1.807) is 30.3 Å². The Hall–Kier alpha value is -3.54. The first kappa shape index (κ1) is 26.7. The fraction of sp³-hybridized carbons (Fsp3) is 0.400. The first-order valence-corrected chi connectivity index (χ1v) is 13.3. The zero-order chi connectivity index (χ0) is 28.1. The number of aliphatic hydroxyl groups is 3. The highest BCUT2D eigenvalue weighted by molar-refractivity contribution is 5.53. The molecular formula is C30H33NO9. The van der Waals surface area contributed by atoms with Crippen LogP contribution in [0.5, 0.6) is 28.7 Å². The number of methoxy groups -OCH3 is 1. The second-order valence-corrected chi connectivity index (χ2v) is 10.7. The van der Waals surface area contributed by atoms with Gasteiger partial charge in [-0.05, 0) is 83.5 Å². The van der Waals surface area contributed by atoms with Crippen LogP contribution in [-0.4, -0.2) is 80.4 Å². The second kappa shape index (κ2) is 10.5. The van der Waals surface area contributed by atoms with Crippen LogP contribution >= 0.6 is 0 Å². The molecule has 0 aliphatic carbocycles. The summed E-state index contributed by atoms with van der Waals surface area (Å²) >= 11 is 0. The summed E-state index contributed by atoms with van der Waals surface area (Å²) in [5, 5.41) is 61.4. The molecule has 3 aromatic carbocycles. The van der Waals surface area contributed by atoms with Crippen molar-refractivity contribution in [1.82, 2.24) is 4.90 Å². The summed E-state index contributed by atoms with van der Waals surface area (Å²) in [6.45, 7) is 0.517. The van der Waals surface area contributed by atoms with E-state index in [9.17, 15) is 30.6 Å². The number of phenolic OH excluding ortho intramolecular Hbond substituents is 3. The minimum absolute atomic E-state index is 0.0285. The van der Waals surface area contributed by atoms with E-state index in [0.29, 0.717) is 18.6 Å². The standard InChI is InChI=1S/C30H33NO9/c1-38-26-12-19-16(10-23(26)33)6-7-31-21(8-15-2-4-18(32)5-3-15)20-13-27(24(34)11-17(20)9-22(19)31)40-30-29(37)28(36)25(35)14-39-30/h2-5,10-13,21-22,25,28-30,32-37H,6-9,14H2,1H3. The summed E-state index contributed by atoms with van der Waals surface area (Å²) in [6.07, 6.45) is -3.49. The van der Waals surface area contributed by atoms with E-state index < -0.39 is 24.6 Å². The first-order valence-electron chi connectivity index (χ1n) is 13.3. The summed E-state index contributed by atoms with van der Waals surface area (Å²) in [7, 11) is 1.53. The van der Waals surface area contributed by atoms with Crippen molar-refractivity contribution in [2.45, 2.75) is 55.9 Å². The zero-order valence-corrected chi connectivity index (χ0v) is 22.0. The molecule has 6 rings (SSSR count). The van der Waals surface area contributed by atoms with Gasteiger partial charge in [0.15, 0.2) is 23.0 Å². The number of ether oxygens (including phenoxy) is 3. The molecule has 0 radical (unpaired) electrons. The van der Waals surface area contributed by atoms with Gasteiger partial charge in [0.05, 0.1) is 13.7 Å². The average Bonchev–Trinajstić information content (AvgIpc) is 2.94. The van der Waals surface area contributed by atoms with Gasteiger partial charge in [-0.25, -0.2) is 0 Å². The molecule has 3 aliphatic rings. The largest absolute Gasteiger partial charge is 0.508 e. The van der Waals surface area contributed by atoms with Gasteiger partial charge in [-0.3, -0.25) is 4.90 Å². The average molecular weight is 552 g/mol. The van der Waals surface area contributed by atoms with Gasteiger partial charge in [0.25, 0.3) is 0 Å². The van der Waals surface area contributed by atoms with Crippen molar-refractivity contribution in [3.05, 3.63) is 76.3 Å². The van der Waals surface area contributed by atoms with Gasteiger partial charge < -0.3 is 44.8 Å². The van der Waals surface area contributed by atoms with Crippen molar-refractivity contribution < 1.29 is 44.8 Å². The Morgan fingerprint density at radius 2 is 1.57 bits per heavy atom. The summed E-state index contributed by atoms with van der Waals surface area (Å²) in [6, 6.07) is 14.0. The zero-order valence-electron chi connectivity index (χ0n) is 22.0. The predicted octanol–water partition coefficient (Wildman–Crippen LogP) is 2.07. The van der Waals surface area contributed by atoms with E-state index in [1.165, 1.54) is 7.11 Å². The Morgan fingerprint density at radius 3 is 2.33 bits per heavy atom. The number of aromatic hydroxyl groups is 3. The highest BCUT2D eigenvalue weighted by atomic mass is 16.7. The molecule has 3 aliphatic heterocycles. The fourth-order valence-electron chi connectivity index (χ4n) is 6.19. The van der Waals surface area contributed by atoms with Crippen molar-refractivity contribution >= 4 is 0 Å². The third-order valence-corrected chi connectivity index (χ3v) is 8.30. The Bertz CT molecular complexity index is 1390. The van der Waals surface area contributed by atoms with Crippen LogP contribution < -0.4 is 9.47 Å². The molecule has 212 valence electrons.